The number of hydrogen-bond acceptors (Lipinski definition) is 4. The van der Waals surface area contributed by atoms with E-state index >= 15 is 0 Å². The van der Waals surface area contributed by atoms with E-state index in [2.05, 4.69) is 4.98 Å². The lowest BCUT2D eigenvalue weighted by atomic mass is 10.1. The molecule has 0 unspecified atom stereocenters. The summed E-state index contributed by atoms with van der Waals surface area (Å²) in [4.78, 5) is 27.4. The highest BCUT2D eigenvalue weighted by molar-refractivity contribution is 5.95. The van der Waals surface area contributed by atoms with Gasteiger partial charge in [-0.2, -0.15) is 0 Å². The third-order valence-corrected chi connectivity index (χ3v) is 2.93. The second-order valence-corrected chi connectivity index (χ2v) is 4.23. The summed E-state index contributed by atoms with van der Waals surface area (Å²) in [6.45, 7) is 4.24. The number of aromatic nitrogens is 2. The van der Waals surface area contributed by atoms with Crippen LogP contribution in [-0.2, 0) is 6.54 Å². The molecule has 20 heavy (non-hydrogen) atoms. The molecule has 0 spiro atoms. The smallest absolute Gasteiger partial charge is 0.313 e. The normalized spacial score (nSPS) is 10.3. The van der Waals surface area contributed by atoms with Crippen molar-refractivity contribution in [3.8, 4) is 11.6 Å². The Bertz CT molecular complexity index is 660. The van der Waals surface area contributed by atoms with Gasteiger partial charge >= 0.3 is 5.56 Å². The average molecular weight is 272 g/mol. The monoisotopic (exact) mass is 272 g/mol. The summed E-state index contributed by atoms with van der Waals surface area (Å²) >= 11 is 0. The van der Waals surface area contributed by atoms with E-state index < -0.39 is 0 Å². The van der Waals surface area contributed by atoms with Gasteiger partial charge < -0.3 is 9.30 Å². The van der Waals surface area contributed by atoms with Crippen LogP contribution in [0.15, 0.2) is 41.5 Å². The third-order valence-electron chi connectivity index (χ3n) is 2.93. The molecule has 0 atom stereocenters. The van der Waals surface area contributed by atoms with Crippen LogP contribution in [0.4, 0.5) is 0 Å². The molecule has 1 aromatic heterocycles. The molecule has 2 aromatic rings. The molecule has 0 saturated carbocycles. The Morgan fingerprint density at radius 1 is 1.25 bits per heavy atom. The number of ketones is 1. The van der Waals surface area contributed by atoms with Crippen LogP contribution in [0.1, 0.15) is 30.6 Å². The molecule has 5 heteroatoms. The fourth-order valence-corrected chi connectivity index (χ4v) is 1.77. The van der Waals surface area contributed by atoms with Crippen molar-refractivity contribution in [2.24, 2.45) is 0 Å². The molecule has 0 amide bonds. The lowest BCUT2D eigenvalue weighted by Crippen LogP contribution is -2.20. The minimum atomic E-state index is -0.274. The van der Waals surface area contributed by atoms with Crippen LogP contribution in [0, 0.1) is 0 Å². The molecule has 1 aromatic carbocycles. The molecule has 0 N–H and O–H groups in total. The van der Waals surface area contributed by atoms with Gasteiger partial charge in [-0.3, -0.25) is 9.59 Å². The SMILES string of the molecule is CCC(=O)c1ccc(Oc2nccn(CC)c2=O)cc1. The number of hydrogen-bond donors (Lipinski definition) is 0. The Morgan fingerprint density at radius 2 is 1.95 bits per heavy atom. The van der Waals surface area contributed by atoms with Crippen LogP contribution >= 0.6 is 0 Å². The lowest BCUT2D eigenvalue weighted by Gasteiger charge is -2.07. The van der Waals surface area contributed by atoms with Crippen LogP contribution in [0.25, 0.3) is 0 Å². The van der Waals surface area contributed by atoms with Crippen LogP contribution in [0.2, 0.25) is 0 Å². The third kappa shape index (κ3) is 2.93. The summed E-state index contributed by atoms with van der Waals surface area (Å²) in [5.41, 5.74) is 0.357. The molecule has 104 valence electrons. The number of aryl methyl sites for hydroxylation is 1. The first-order chi connectivity index (χ1) is 9.65. The predicted octanol–water partition coefficient (Wildman–Crippen LogP) is 2.65. The van der Waals surface area contributed by atoms with E-state index in [1.165, 1.54) is 10.8 Å². The standard InChI is InChI=1S/C15H16N2O3/c1-3-13(18)11-5-7-12(8-6-11)20-14-15(19)17(4-2)10-9-16-14/h5-10H,3-4H2,1-2H3. The fourth-order valence-electron chi connectivity index (χ4n) is 1.77. The first-order valence-electron chi connectivity index (χ1n) is 6.52. The minimum absolute atomic E-state index is 0.0314. The zero-order valence-corrected chi connectivity index (χ0v) is 11.5. The van der Waals surface area contributed by atoms with Gasteiger partial charge in [-0.25, -0.2) is 4.98 Å². The molecule has 0 bridgehead atoms. The maximum absolute atomic E-state index is 11.9. The van der Waals surface area contributed by atoms with Gasteiger partial charge in [-0.15, -0.1) is 0 Å². The van der Waals surface area contributed by atoms with Gasteiger partial charge in [0.2, 0.25) is 0 Å². The quantitative estimate of drug-likeness (QED) is 0.785. The maximum atomic E-state index is 11.9. The van der Waals surface area contributed by atoms with Crippen molar-refractivity contribution in [2.75, 3.05) is 0 Å². The molecule has 1 heterocycles. The number of carbonyl (C=O) groups excluding carboxylic acids is 1. The van der Waals surface area contributed by atoms with Crippen molar-refractivity contribution in [3.63, 3.8) is 0 Å². The van der Waals surface area contributed by atoms with Crippen molar-refractivity contribution >= 4 is 5.78 Å². The highest BCUT2D eigenvalue weighted by Crippen LogP contribution is 2.17. The average Bonchev–Trinajstić information content (AvgIpc) is 2.49. The van der Waals surface area contributed by atoms with E-state index in [0.29, 0.717) is 24.3 Å². The Morgan fingerprint density at radius 3 is 2.55 bits per heavy atom. The Balaban J connectivity index is 2.23. The Labute approximate surface area is 116 Å². The molecular formula is C15H16N2O3. The fraction of sp³-hybridized carbons (Fsp3) is 0.267. The zero-order chi connectivity index (χ0) is 14.5. The first kappa shape index (κ1) is 14.0. The Hall–Kier alpha value is -2.43. The van der Waals surface area contributed by atoms with Gasteiger partial charge in [0, 0.05) is 30.9 Å². The summed E-state index contributed by atoms with van der Waals surface area (Å²) in [7, 11) is 0. The number of rotatable bonds is 5. The number of carbonyl (C=O) groups is 1. The van der Waals surface area contributed by atoms with Crippen molar-refractivity contribution < 1.29 is 9.53 Å². The van der Waals surface area contributed by atoms with Crippen LogP contribution in [0.3, 0.4) is 0 Å². The van der Waals surface area contributed by atoms with E-state index in [1.54, 1.807) is 30.5 Å². The van der Waals surface area contributed by atoms with Crippen LogP contribution < -0.4 is 10.3 Å². The summed E-state index contributed by atoms with van der Waals surface area (Å²) in [5.74, 6) is 0.586. The molecule has 0 radical (unpaired) electrons. The lowest BCUT2D eigenvalue weighted by molar-refractivity contribution is 0.0988. The van der Waals surface area contributed by atoms with Gasteiger partial charge in [0.05, 0.1) is 0 Å². The van der Waals surface area contributed by atoms with Crippen molar-refractivity contribution in [1.82, 2.24) is 9.55 Å². The molecule has 0 fully saturated rings. The second kappa shape index (κ2) is 6.14. The highest BCUT2D eigenvalue weighted by Gasteiger charge is 2.07. The molecule has 0 aliphatic heterocycles. The number of benzene rings is 1. The molecule has 0 saturated heterocycles. The number of ether oxygens (including phenoxy) is 1. The molecular weight excluding hydrogens is 256 g/mol. The number of Topliss-reactive ketones (excluding diaryl/α,β-unsaturated/α-hetero) is 1. The van der Waals surface area contributed by atoms with Crippen LogP contribution in [-0.4, -0.2) is 15.3 Å². The van der Waals surface area contributed by atoms with Gasteiger partial charge in [-0.1, -0.05) is 6.92 Å². The van der Waals surface area contributed by atoms with Gasteiger partial charge in [-0.05, 0) is 31.2 Å². The molecule has 5 nitrogen and oxygen atoms in total. The van der Waals surface area contributed by atoms with Gasteiger partial charge in [0.15, 0.2) is 5.78 Å². The van der Waals surface area contributed by atoms with Crippen molar-refractivity contribution in [3.05, 3.63) is 52.6 Å². The van der Waals surface area contributed by atoms with E-state index in [1.807, 2.05) is 13.8 Å². The van der Waals surface area contributed by atoms with Gasteiger partial charge in [0.1, 0.15) is 5.75 Å². The van der Waals surface area contributed by atoms with Gasteiger partial charge in [0.25, 0.3) is 5.88 Å². The topological polar surface area (TPSA) is 61.2 Å². The number of nitrogens with zero attached hydrogens (tertiary/aromatic N) is 2. The summed E-state index contributed by atoms with van der Waals surface area (Å²) in [5, 5.41) is 0. The van der Waals surface area contributed by atoms with E-state index in [4.69, 9.17) is 4.74 Å². The van der Waals surface area contributed by atoms with Crippen molar-refractivity contribution in [2.45, 2.75) is 26.8 Å². The first-order valence-corrected chi connectivity index (χ1v) is 6.52. The Kier molecular flexibility index (Phi) is 4.30. The van der Waals surface area contributed by atoms with E-state index in [-0.39, 0.29) is 17.2 Å². The summed E-state index contributed by atoms with van der Waals surface area (Å²) in [6.07, 6.45) is 3.59. The predicted molar refractivity (Wildman–Crippen MR) is 75.3 cm³/mol. The van der Waals surface area contributed by atoms with Crippen LogP contribution in [0.5, 0.6) is 11.6 Å². The molecule has 2 rings (SSSR count). The zero-order valence-electron chi connectivity index (χ0n) is 11.5. The van der Waals surface area contributed by atoms with E-state index in [0.717, 1.165) is 0 Å². The molecule has 0 aliphatic carbocycles. The maximum Gasteiger partial charge on any atom is 0.313 e. The summed E-state index contributed by atoms with van der Waals surface area (Å²) < 4.78 is 6.98. The largest absolute Gasteiger partial charge is 0.435 e. The summed E-state index contributed by atoms with van der Waals surface area (Å²) in [6, 6.07) is 6.69. The van der Waals surface area contributed by atoms with E-state index in [9.17, 15) is 9.59 Å². The molecule has 0 aliphatic rings. The highest BCUT2D eigenvalue weighted by atomic mass is 16.5. The minimum Gasteiger partial charge on any atom is -0.435 e. The second-order valence-electron chi connectivity index (χ2n) is 4.23. The van der Waals surface area contributed by atoms with Crippen molar-refractivity contribution in [1.29, 1.82) is 0 Å².